The molecule has 470 valence electrons. The second-order valence-electron chi connectivity index (χ2n) is 25.6. The molecule has 9 heteroatoms. The van der Waals surface area contributed by atoms with Crippen LogP contribution in [0, 0.1) is 0 Å². The molecule has 0 rings (SSSR count). The summed E-state index contributed by atoms with van der Waals surface area (Å²) in [5.41, 5.74) is 0. The maximum Gasteiger partial charge on any atom is 0.361 e. The second kappa shape index (κ2) is 62.3. The van der Waals surface area contributed by atoms with Gasteiger partial charge in [0.2, 0.25) is 0 Å². The van der Waals surface area contributed by atoms with Crippen LogP contribution in [0.2, 0.25) is 0 Å². The summed E-state index contributed by atoms with van der Waals surface area (Å²) >= 11 is 0. The number of nitrogens with zero attached hydrogens (tertiary/aromatic N) is 1. The van der Waals surface area contributed by atoms with Crippen molar-refractivity contribution in [1.29, 1.82) is 0 Å². The molecule has 0 heterocycles. The Morgan fingerprint density at radius 3 is 0.810 bits per heavy atom. The van der Waals surface area contributed by atoms with Crippen molar-refractivity contribution in [2.75, 3.05) is 47.5 Å². The zero-order valence-electron chi connectivity index (χ0n) is 53.8. The zero-order valence-corrected chi connectivity index (χ0v) is 53.8. The summed E-state index contributed by atoms with van der Waals surface area (Å²) in [5.74, 6) is -1.97. The third-order valence-electron chi connectivity index (χ3n) is 16.4. The van der Waals surface area contributed by atoms with E-state index in [2.05, 4.69) is 13.8 Å². The molecule has 9 nitrogen and oxygen atoms in total. The van der Waals surface area contributed by atoms with Crippen molar-refractivity contribution in [2.45, 2.75) is 386 Å². The Hall–Kier alpha value is -1.71. The average Bonchev–Trinajstić information content (AvgIpc) is 3.42. The molecular formula is C70H138NO8+. The van der Waals surface area contributed by atoms with Gasteiger partial charge >= 0.3 is 17.9 Å². The second-order valence-corrected chi connectivity index (χ2v) is 25.6. The van der Waals surface area contributed by atoms with Gasteiger partial charge in [-0.25, -0.2) is 4.79 Å². The lowest BCUT2D eigenvalue weighted by atomic mass is 10.0. The van der Waals surface area contributed by atoms with Gasteiger partial charge in [-0.05, 0) is 12.8 Å². The fourth-order valence-electron chi connectivity index (χ4n) is 11.0. The molecule has 0 aliphatic heterocycles. The number of carboxylic acid groups (broad SMARTS) is 1. The monoisotopic (exact) mass is 1120 g/mol. The molecule has 0 fully saturated rings. The summed E-state index contributed by atoms with van der Waals surface area (Å²) < 4.78 is 22.9. The smallest absolute Gasteiger partial charge is 0.361 e. The van der Waals surface area contributed by atoms with Crippen LogP contribution >= 0.6 is 0 Å². The number of likely N-dealkylation sites (N-methyl/N-ethyl adjacent to an activating group) is 1. The van der Waals surface area contributed by atoms with E-state index in [0.717, 1.165) is 38.5 Å². The Morgan fingerprint density at radius 2 is 0.570 bits per heavy atom. The van der Waals surface area contributed by atoms with E-state index in [0.29, 0.717) is 17.4 Å². The van der Waals surface area contributed by atoms with E-state index >= 15 is 0 Å². The van der Waals surface area contributed by atoms with Gasteiger partial charge < -0.3 is 28.5 Å². The number of carbonyl (C=O) groups is 3. The van der Waals surface area contributed by atoms with Crippen molar-refractivity contribution in [3.63, 3.8) is 0 Å². The summed E-state index contributed by atoms with van der Waals surface area (Å²) in [6.07, 6.45) is 71.0. The molecule has 2 atom stereocenters. The molecule has 0 aliphatic rings. The first kappa shape index (κ1) is 77.3. The van der Waals surface area contributed by atoms with Crippen molar-refractivity contribution >= 4 is 17.9 Å². The molecule has 0 aromatic heterocycles. The van der Waals surface area contributed by atoms with Crippen molar-refractivity contribution in [3.8, 4) is 0 Å². The van der Waals surface area contributed by atoms with Crippen LogP contribution in [0.5, 0.6) is 0 Å². The molecule has 0 bridgehead atoms. The van der Waals surface area contributed by atoms with E-state index in [4.69, 9.17) is 18.9 Å². The Labute approximate surface area is 492 Å². The molecule has 0 saturated heterocycles. The SMILES string of the molecule is CCCCCCCCCCCCCCCCCCCCCCCCCCCCCCCCCCCCCCCCCC(=O)OC(COC(=O)CCCCCCCCCCCCCCCCC)COC(OCC[N+](C)(C)C)C(=O)O. The number of carbonyl (C=O) groups excluding carboxylic acids is 2. The largest absolute Gasteiger partial charge is 0.477 e. The number of hydrogen-bond acceptors (Lipinski definition) is 7. The third kappa shape index (κ3) is 63.7. The molecule has 2 unspecified atom stereocenters. The van der Waals surface area contributed by atoms with E-state index in [1.54, 1.807) is 0 Å². The number of hydrogen-bond donors (Lipinski definition) is 1. The van der Waals surface area contributed by atoms with E-state index < -0.39 is 18.4 Å². The average molecular weight is 1120 g/mol. The summed E-state index contributed by atoms with van der Waals surface area (Å²) in [4.78, 5) is 37.5. The molecular weight excluding hydrogens is 983 g/mol. The molecule has 0 aromatic rings. The molecule has 0 radical (unpaired) electrons. The van der Waals surface area contributed by atoms with Crippen molar-refractivity contribution in [2.24, 2.45) is 0 Å². The van der Waals surface area contributed by atoms with Crippen LogP contribution in [0.3, 0.4) is 0 Å². The summed E-state index contributed by atoms with van der Waals surface area (Å²) in [7, 11) is 5.99. The number of esters is 2. The Balaban J connectivity index is 3.88. The van der Waals surface area contributed by atoms with Crippen LogP contribution < -0.4 is 0 Å². The molecule has 0 aliphatic carbocycles. The Bertz CT molecular complexity index is 1260. The number of ether oxygens (including phenoxy) is 4. The van der Waals surface area contributed by atoms with E-state index in [9.17, 15) is 19.5 Å². The maximum absolute atomic E-state index is 12.9. The van der Waals surface area contributed by atoms with Crippen LogP contribution in [0.15, 0.2) is 0 Å². The quantitative estimate of drug-likeness (QED) is 0.0278. The van der Waals surface area contributed by atoms with Crippen LogP contribution in [0.1, 0.15) is 373 Å². The van der Waals surface area contributed by atoms with Gasteiger partial charge in [0.25, 0.3) is 6.29 Å². The van der Waals surface area contributed by atoms with Gasteiger partial charge in [-0.2, -0.15) is 0 Å². The molecule has 0 spiro atoms. The minimum absolute atomic E-state index is 0.172. The predicted molar refractivity (Wildman–Crippen MR) is 337 cm³/mol. The standard InChI is InChI=1S/C70H137NO8/c1-6-8-10-12-14-16-18-20-22-23-24-25-26-27-28-29-30-31-32-33-34-35-36-37-38-39-40-41-42-43-44-45-47-49-51-53-55-57-59-61-68(73)79-66(65-78-70(69(74)75)76-63-62-71(3,4)5)64-77-67(72)60-58-56-54-52-50-48-46-21-19-17-15-13-11-9-7-2/h66,70H,6-65H2,1-5H3/p+1. The highest BCUT2D eigenvalue weighted by Gasteiger charge is 2.25. The normalized spacial score (nSPS) is 12.6. The van der Waals surface area contributed by atoms with E-state index in [1.165, 1.54) is 308 Å². The summed E-state index contributed by atoms with van der Waals surface area (Å²) in [6, 6.07) is 0. The number of unbranched alkanes of at least 4 members (excludes halogenated alkanes) is 52. The number of carboxylic acids is 1. The van der Waals surface area contributed by atoms with Gasteiger partial charge in [0.1, 0.15) is 13.2 Å². The fraction of sp³-hybridized carbons (Fsp3) is 0.957. The van der Waals surface area contributed by atoms with Crippen LogP contribution in [0.4, 0.5) is 0 Å². The first-order chi connectivity index (χ1) is 38.6. The van der Waals surface area contributed by atoms with Crippen molar-refractivity contribution in [1.82, 2.24) is 0 Å². The minimum atomic E-state index is -1.50. The fourth-order valence-corrected chi connectivity index (χ4v) is 11.0. The minimum Gasteiger partial charge on any atom is -0.477 e. The highest BCUT2D eigenvalue weighted by Crippen LogP contribution is 2.20. The van der Waals surface area contributed by atoms with Gasteiger partial charge in [0.05, 0.1) is 34.4 Å². The summed E-state index contributed by atoms with van der Waals surface area (Å²) in [6.45, 7) is 4.96. The van der Waals surface area contributed by atoms with Crippen LogP contribution in [0.25, 0.3) is 0 Å². The Kier molecular flexibility index (Phi) is 61.0. The highest BCUT2D eigenvalue weighted by atomic mass is 16.7. The van der Waals surface area contributed by atoms with Crippen LogP contribution in [-0.4, -0.2) is 87.4 Å². The Morgan fingerprint density at radius 1 is 0.329 bits per heavy atom. The van der Waals surface area contributed by atoms with Gasteiger partial charge in [-0.15, -0.1) is 0 Å². The molecule has 0 aromatic carbocycles. The first-order valence-electron chi connectivity index (χ1n) is 35.2. The molecule has 0 amide bonds. The number of aliphatic carboxylic acids is 1. The maximum atomic E-state index is 12.9. The zero-order chi connectivity index (χ0) is 57.6. The highest BCUT2D eigenvalue weighted by molar-refractivity contribution is 5.71. The van der Waals surface area contributed by atoms with Crippen molar-refractivity contribution in [3.05, 3.63) is 0 Å². The number of quaternary nitrogens is 1. The van der Waals surface area contributed by atoms with Crippen LogP contribution in [-0.2, 0) is 33.3 Å². The molecule has 1 N–H and O–H groups in total. The molecule has 79 heavy (non-hydrogen) atoms. The van der Waals surface area contributed by atoms with Gasteiger partial charge in [-0.3, -0.25) is 9.59 Å². The van der Waals surface area contributed by atoms with Gasteiger partial charge in [0.15, 0.2) is 6.10 Å². The van der Waals surface area contributed by atoms with E-state index in [-0.39, 0.29) is 38.2 Å². The first-order valence-corrected chi connectivity index (χ1v) is 35.2. The number of rotatable bonds is 67. The lowest BCUT2D eigenvalue weighted by Gasteiger charge is -2.25. The lowest BCUT2D eigenvalue weighted by Crippen LogP contribution is -2.40. The third-order valence-corrected chi connectivity index (χ3v) is 16.4. The van der Waals surface area contributed by atoms with Crippen molar-refractivity contribution < 1.29 is 42.9 Å². The molecule has 0 saturated carbocycles. The van der Waals surface area contributed by atoms with Gasteiger partial charge in [-0.1, -0.05) is 348 Å². The predicted octanol–water partition coefficient (Wildman–Crippen LogP) is 21.5. The topological polar surface area (TPSA) is 108 Å². The lowest BCUT2D eigenvalue weighted by molar-refractivity contribution is -0.870. The van der Waals surface area contributed by atoms with E-state index in [1.807, 2.05) is 21.1 Å². The van der Waals surface area contributed by atoms with Gasteiger partial charge in [0, 0.05) is 12.8 Å². The summed E-state index contributed by atoms with van der Waals surface area (Å²) in [5, 5.41) is 9.72.